The van der Waals surface area contributed by atoms with E-state index in [0.717, 1.165) is 34.2 Å². The van der Waals surface area contributed by atoms with Gasteiger partial charge in [0, 0.05) is 35.8 Å². The van der Waals surface area contributed by atoms with Crippen molar-refractivity contribution >= 4 is 18.7 Å². The van der Waals surface area contributed by atoms with Gasteiger partial charge in [-0.3, -0.25) is 9.42 Å². The highest BCUT2D eigenvalue weighted by atomic mass is 31.2. The zero-order valence-corrected chi connectivity index (χ0v) is 29.7. The van der Waals surface area contributed by atoms with Crippen LogP contribution in [0.1, 0.15) is 82.3 Å². The molecule has 0 aliphatic rings. The van der Waals surface area contributed by atoms with E-state index in [1.807, 2.05) is 61.7 Å². The SMILES string of the molecule is CCCCCCCCCCCCOc1cccc(OCC(COP(=O)(O)Oc2ccc(C[n+]3cccc4ccccc43)cc2)OC)c1C. The Morgan fingerprint density at radius 2 is 1.40 bits per heavy atom. The van der Waals surface area contributed by atoms with Gasteiger partial charge in [-0.05, 0) is 61.9 Å². The fourth-order valence-corrected chi connectivity index (χ4v) is 6.39. The number of nitrogens with zero attached hydrogens (tertiary/aromatic N) is 1. The van der Waals surface area contributed by atoms with Crippen molar-refractivity contribution in [2.24, 2.45) is 0 Å². The molecule has 9 heteroatoms. The Morgan fingerprint density at radius 1 is 0.750 bits per heavy atom. The summed E-state index contributed by atoms with van der Waals surface area (Å²) in [5, 5.41) is 1.16. The van der Waals surface area contributed by atoms with Crippen LogP contribution < -0.4 is 18.6 Å². The Labute approximate surface area is 286 Å². The van der Waals surface area contributed by atoms with Crippen LogP contribution in [0.5, 0.6) is 17.2 Å². The fraction of sp³-hybridized carbons (Fsp3) is 0.462. The molecule has 48 heavy (non-hydrogen) atoms. The number of pyridine rings is 1. The maximum Gasteiger partial charge on any atom is 0.527 e. The first-order valence-electron chi connectivity index (χ1n) is 17.4. The summed E-state index contributed by atoms with van der Waals surface area (Å²) < 4.78 is 43.0. The third-order valence-corrected chi connectivity index (χ3v) is 9.37. The van der Waals surface area contributed by atoms with Gasteiger partial charge in [0.15, 0.2) is 12.7 Å². The molecule has 260 valence electrons. The Morgan fingerprint density at radius 3 is 2.10 bits per heavy atom. The van der Waals surface area contributed by atoms with E-state index < -0.39 is 13.9 Å². The minimum atomic E-state index is -4.40. The van der Waals surface area contributed by atoms with Crippen molar-refractivity contribution in [1.29, 1.82) is 0 Å². The minimum Gasteiger partial charge on any atom is -0.493 e. The Kier molecular flexibility index (Phi) is 15.7. The standard InChI is InChI=1S/C39H52NO7P/c1-4-5-6-7-8-9-10-11-12-15-28-44-38-21-16-22-39(32(38)2)45-30-36(43-3)31-46-48(41,42)47-35-25-23-33(24-26-35)29-40-27-17-19-34-18-13-14-20-37(34)40/h13-14,16-27,36H,4-12,15,28-31H2,1-3H3/p+1. The number of unbranched alkanes of at least 4 members (excludes halogenated alkanes) is 9. The summed E-state index contributed by atoms with van der Waals surface area (Å²) in [6.07, 6.45) is 14.3. The number of ether oxygens (including phenoxy) is 3. The van der Waals surface area contributed by atoms with E-state index in [0.29, 0.717) is 18.9 Å². The van der Waals surface area contributed by atoms with Gasteiger partial charge in [-0.2, -0.15) is 4.57 Å². The van der Waals surface area contributed by atoms with E-state index in [1.165, 1.54) is 64.9 Å². The van der Waals surface area contributed by atoms with Gasteiger partial charge >= 0.3 is 7.82 Å². The molecule has 8 nitrogen and oxygen atoms in total. The Balaban J connectivity index is 1.17. The number of phosphoric acid groups is 1. The van der Waals surface area contributed by atoms with Crippen LogP contribution in [0.2, 0.25) is 0 Å². The maximum atomic E-state index is 12.7. The summed E-state index contributed by atoms with van der Waals surface area (Å²) in [7, 11) is -2.89. The number of fused-ring (bicyclic) bond motifs is 1. The third-order valence-electron chi connectivity index (χ3n) is 8.46. The van der Waals surface area contributed by atoms with E-state index in [1.54, 1.807) is 12.1 Å². The topological polar surface area (TPSA) is 87.3 Å². The highest BCUT2D eigenvalue weighted by molar-refractivity contribution is 7.47. The average Bonchev–Trinajstić information content (AvgIpc) is 3.09. The number of aromatic nitrogens is 1. The van der Waals surface area contributed by atoms with Gasteiger partial charge in [-0.25, -0.2) is 4.57 Å². The highest BCUT2D eigenvalue weighted by Gasteiger charge is 2.26. The number of hydrogen-bond donors (Lipinski definition) is 1. The molecule has 1 N–H and O–H groups in total. The largest absolute Gasteiger partial charge is 0.527 e. The molecule has 2 unspecified atom stereocenters. The second-order valence-electron chi connectivity index (χ2n) is 12.3. The summed E-state index contributed by atoms with van der Waals surface area (Å²) in [6.45, 7) is 5.48. The van der Waals surface area contributed by atoms with Crippen LogP contribution in [-0.2, 0) is 20.4 Å². The fourth-order valence-electron chi connectivity index (χ4n) is 5.59. The molecule has 0 amide bonds. The molecule has 1 heterocycles. The first kappa shape index (κ1) is 37.4. The maximum absolute atomic E-state index is 12.7. The molecule has 0 radical (unpaired) electrons. The van der Waals surface area contributed by atoms with Crippen molar-refractivity contribution in [2.75, 3.05) is 26.9 Å². The van der Waals surface area contributed by atoms with Gasteiger partial charge in [-0.1, -0.05) is 82.9 Å². The van der Waals surface area contributed by atoms with Crippen LogP contribution in [0.25, 0.3) is 10.9 Å². The van der Waals surface area contributed by atoms with Gasteiger partial charge < -0.3 is 18.7 Å². The lowest BCUT2D eigenvalue weighted by Crippen LogP contribution is -2.34. The molecule has 4 rings (SSSR count). The molecule has 0 bridgehead atoms. The number of para-hydroxylation sites is 1. The molecule has 4 aromatic rings. The van der Waals surface area contributed by atoms with Gasteiger partial charge in [-0.15, -0.1) is 0 Å². The lowest BCUT2D eigenvalue weighted by molar-refractivity contribution is -0.662. The molecule has 0 saturated heterocycles. The molecular formula is C39H53NO7P+. The van der Waals surface area contributed by atoms with Crippen molar-refractivity contribution in [1.82, 2.24) is 0 Å². The monoisotopic (exact) mass is 678 g/mol. The molecule has 0 saturated carbocycles. The van der Waals surface area contributed by atoms with Gasteiger partial charge in [0.1, 0.15) is 30.0 Å². The van der Waals surface area contributed by atoms with Crippen molar-refractivity contribution < 1.29 is 37.3 Å². The minimum absolute atomic E-state index is 0.125. The summed E-state index contributed by atoms with van der Waals surface area (Å²) in [6, 6.07) is 25.1. The molecular weight excluding hydrogens is 625 g/mol. The summed E-state index contributed by atoms with van der Waals surface area (Å²) in [4.78, 5) is 10.4. The number of rotatable bonds is 23. The summed E-state index contributed by atoms with van der Waals surface area (Å²) >= 11 is 0. The van der Waals surface area contributed by atoms with Crippen molar-refractivity contribution in [3.05, 3.63) is 96.2 Å². The van der Waals surface area contributed by atoms with Crippen molar-refractivity contribution in [3.8, 4) is 17.2 Å². The predicted molar refractivity (Wildman–Crippen MR) is 191 cm³/mol. The smallest absolute Gasteiger partial charge is 0.493 e. The Hall–Kier alpha value is -3.42. The first-order valence-corrected chi connectivity index (χ1v) is 18.9. The number of phosphoric ester groups is 1. The number of benzene rings is 3. The summed E-state index contributed by atoms with van der Waals surface area (Å²) in [5.74, 6) is 1.70. The lowest BCUT2D eigenvalue weighted by Gasteiger charge is -2.20. The average molecular weight is 679 g/mol. The van der Waals surface area contributed by atoms with Gasteiger partial charge in [0.25, 0.3) is 0 Å². The normalized spacial score (nSPS) is 13.2. The van der Waals surface area contributed by atoms with Crippen LogP contribution in [-0.4, -0.2) is 37.9 Å². The van der Waals surface area contributed by atoms with Crippen LogP contribution in [0.4, 0.5) is 0 Å². The number of methoxy groups -OCH3 is 1. The van der Waals surface area contributed by atoms with Crippen molar-refractivity contribution in [3.63, 3.8) is 0 Å². The van der Waals surface area contributed by atoms with Gasteiger partial charge in [0.2, 0.25) is 5.52 Å². The molecule has 1 aromatic heterocycles. The second-order valence-corrected chi connectivity index (χ2v) is 13.7. The van der Waals surface area contributed by atoms with Crippen LogP contribution in [0.15, 0.2) is 85.1 Å². The molecule has 0 fully saturated rings. The second kappa shape index (κ2) is 20.2. The first-order chi connectivity index (χ1) is 23.4. The van der Waals surface area contributed by atoms with Crippen LogP contribution in [0, 0.1) is 6.92 Å². The predicted octanol–water partition coefficient (Wildman–Crippen LogP) is 9.37. The molecule has 0 aliphatic heterocycles. The zero-order valence-electron chi connectivity index (χ0n) is 28.9. The lowest BCUT2D eigenvalue weighted by atomic mass is 10.1. The molecule has 3 aromatic carbocycles. The van der Waals surface area contributed by atoms with Crippen LogP contribution >= 0.6 is 7.82 Å². The van der Waals surface area contributed by atoms with E-state index >= 15 is 0 Å². The summed E-state index contributed by atoms with van der Waals surface area (Å²) in [5.41, 5.74) is 3.05. The quantitative estimate of drug-likeness (QED) is 0.0475. The van der Waals surface area contributed by atoms with E-state index in [4.69, 9.17) is 23.3 Å². The van der Waals surface area contributed by atoms with Crippen molar-refractivity contribution in [2.45, 2.75) is 90.7 Å². The van der Waals surface area contributed by atoms with E-state index in [2.05, 4.69) is 29.7 Å². The third kappa shape index (κ3) is 12.6. The van der Waals surface area contributed by atoms with E-state index in [9.17, 15) is 9.46 Å². The molecule has 0 aliphatic carbocycles. The zero-order chi connectivity index (χ0) is 34.0. The number of hydrogen-bond acceptors (Lipinski definition) is 6. The van der Waals surface area contributed by atoms with Crippen LogP contribution in [0.3, 0.4) is 0 Å². The van der Waals surface area contributed by atoms with E-state index in [-0.39, 0.29) is 19.0 Å². The Bertz CT molecular complexity index is 1560. The molecule has 2 atom stereocenters. The highest BCUT2D eigenvalue weighted by Crippen LogP contribution is 2.44. The van der Waals surface area contributed by atoms with Gasteiger partial charge in [0.05, 0.1) is 13.2 Å². The molecule has 0 spiro atoms.